The van der Waals surface area contributed by atoms with E-state index in [9.17, 15) is 0 Å². The Hall–Kier alpha value is -1.74. The summed E-state index contributed by atoms with van der Waals surface area (Å²) in [5.74, 6) is 1.36. The first kappa shape index (κ1) is 11.4. The van der Waals surface area contributed by atoms with Crippen LogP contribution in [0.5, 0.6) is 0 Å². The SMILES string of the molecule is Cc1ccc(-c2cnc(C(N)C3CC3)nc2)cc1. The van der Waals surface area contributed by atoms with Gasteiger partial charge in [0.1, 0.15) is 5.82 Å². The van der Waals surface area contributed by atoms with Crippen LogP contribution in [0.1, 0.15) is 30.3 Å². The molecule has 3 heteroatoms. The largest absolute Gasteiger partial charge is 0.321 e. The van der Waals surface area contributed by atoms with Crippen molar-refractivity contribution in [1.82, 2.24) is 9.97 Å². The van der Waals surface area contributed by atoms with E-state index in [2.05, 4.69) is 41.2 Å². The molecule has 1 atom stereocenters. The fraction of sp³-hybridized carbons (Fsp3) is 0.333. The molecule has 1 aromatic heterocycles. The predicted octanol–water partition coefficient (Wildman–Crippen LogP) is 2.86. The van der Waals surface area contributed by atoms with Gasteiger partial charge < -0.3 is 5.73 Å². The van der Waals surface area contributed by atoms with E-state index in [-0.39, 0.29) is 6.04 Å². The molecule has 0 radical (unpaired) electrons. The first-order chi connectivity index (χ1) is 8.74. The summed E-state index contributed by atoms with van der Waals surface area (Å²) in [5.41, 5.74) is 9.53. The van der Waals surface area contributed by atoms with Gasteiger partial charge in [0.2, 0.25) is 0 Å². The Kier molecular flexibility index (Phi) is 2.84. The summed E-state index contributed by atoms with van der Waals surface area (Å²) in [6.45, 7) is 2.08. The third-order valence-electron chi connectivity index (χ3n) is 3.48. The highest BCUT2D eigenvalue weighted by Crippen LogP contribution is 2.38. The normalized spacial score (nSPS) is 16.6. The topological polar surface area (TPSA) is 51.8 Å². The van der Waals surface area contributed by atoms with Crippen LogP contribution in [-0.4, -0.2) is 9.97 Å². The average Bonchev–Trinajstić information content (AvgIpc) is 3.23. The molecule has 0 spiro atoms. The van der Waals surface area contributed by atoms with E-state index in [1.54, 1.807) is 0 Å². The Morgan fingerprint density at radius 1 is 1.06 bits per heavy atom. The van der Waals surface area contributed by atoms with Gasteiger partial charge in [-0.25, -0.2) is 9.97 Å². The number of hydrogen-bond donors (Lipinski definition) is 1. The minimum Gasteiger partial charge on any atom is -0.321 e. The first-order valence-electron chi connectivity index (χ1n) is 6.38. The lowest BCUT2D eigenvalue weighted by Gasteiger charge is -2.09. The monoisotopic (exact) mass is 239 g/mol. The Bertz CT molecular complexity index is 527. The molecule has 0 bridgehead atoms. The second-order valence-electron chi connectivity index (χ2n) is 5.06. The first-order valence-corrected chi connectivity index (χ1v) is 6.38. The molecule has 1 fully saturated rings. The van der Waals surface area contributed by atoms with Crippen LogP contribution >= 0.6 is 0 Å². The van der Waals surface area contributed by atoms with Crippen molar-refractivity contribution in [2.24, 2.45) is 11.7 Å². The predicted molar refractivity (Wildman–Crippen MR) is 71.9 cm³/mol. The molecule has 1 aromatic carbocycles. The zero-order valence-electron chi connectivity index (χ0n) is 10.5. The summed E-state index contributed by atoms with van der Waals surface area (Å²) in [6.07, 6.45) is 6.17. The lowest BCUT2D eigenvalue weighted by Crippen LogP contribution is -2.15. The second kappa shape index (κ2) is 4.50. The summed E-state index contributed by atoms with van der Waals surface area (Å²) < 4.78 is 0. The number of nitrogens with two attached hydrogens (primary N) is 1. The van der Waals surface area contributed by atoms with E-state index in [0.29, 0.717) is 5.92 Å². The number of nitrogens with zero attached hydrogens (tertiary/aromatic N) is 2. The molecule has 1 saturated carbocycles. The number of aryl methyl sites for hydroxylation is 1. The number of benzene rings is 1. The highest BCUT2D eigenvalue weighted by Gasteiger charge is 2.31. The summed E-state index contributed by atoms with van der Waals surface area (Å²) in [4.78, 5) is 8.81. The molecule has 1 unspecified atom stereocenters. The van der Waals surface area contributed by atoms with Crippen LogP contribution in [0.3, 0.4) is 0 Å². The van der Waals surface area contributed by atoms with Gasteiger partial charge in [-0.05, 0) is 31.2 Å². The van der Waals surface area contributed by atoms with Gasteiger partial charge in [-0.2, -0.15) is 0 Å². The van der Waals surface area contributed by atoms with Crippen LogP contribution in [0.25, 0.3) is 11.1 Å². The van der Waals surface area contributed by atoms with Crippen molar-refractivity contribution < 1.29 is 0 Å². The molecule has 0 saturated heterocycles. The lowest BCUT2D eigenvalue weighted by molar-refractivity contribution is 0.593. The summed E-state index contributed by atoms with van der Waals surface area (Å²) in [7, 11) is 0. The van der Waals surface area contributed by atoms with Crippen molar-refractivity contribution in [3.63, 3.8) is 0 Å². The Morgan fingerprint density at radius 2 is 1.67 bits per heavy atom. The fourth-order valence-electron chi connectivity index (χ4n) is 2.07. The maximum absolute atomic E-state index is 6.08. The Morgan fingerprint density at radius 3 is 2.22 bits per heavy atom. The molecule has 3 rings (SSSR count). The standard InChI is InChI=1S/C15H17N3/c1-10-2-4-11(5-3-10)13-8-17-15(18-9-13)14(16)12-6-7-12/h2-5,8-9,12,14H,6-7,16H2,1H3. The molecule has 3 nitrogen and oxygen atoms in total. The summed E-state index contributed by atoms with van der Waals surface area (Å²) in [5, 5.41) is 0. The Balaban J connectivity index is 1.83. The van der Waals surface area contributed by atoms with Crippen LogP contribution in [0.4, 0.5) is 0 Å². The number of hydrogen-bond acceptors (Lipinski definition) is 3. The molecule has 1 aliphatic carbocycles. The van der Waals surface area contributed by atoms with Crippen molar-refractivity contribution in [1.29, 1.82) is 0 Å². The number of rotatable bonds is 3. The average molecular weight is 239 g/mol. The maximum atomic E-state index is 6.08. The van der Waals surface area contributed by atoms with E-state index in [1.165, 1.54) is 18.4 Å². The summed E-state index contributed by atoms with van der Waals surface area (Å²) >= 11 is 0. The molecular formula is C15H17N3. The quantitative estimate of drug-likeness (QED) is 0.896. The van der Waals surface area contributed by atoms with E-state index in [0.717, 1.165) is 17.0 Å². The maximum Gasteiger partial charge on any atom is 0.145 e. The molecule has 2 aromatic rings. The van der Waals surface area contributed by atoms with Crippen molar-refractivity contribution in [2.45, 2.75) is 25.8 Å². The van der Waals surface area contributed by atoms with Crippen LogP contribution in [0.15, 0.2) is 36.7 Å². The molecule has 1 aliphatic rings. The van der Waals surface area contributed by atoms with Gasteiger partial charge in [0.25, 0.3) is 0 Å². The van der Waals surface area contributed by atoms with Gasteiger partial charge in [0.05, 0.1) is 6.04 Å². The third-order valence-corrected chi connectivity index (χ3v) is 3.48. The zero-order chi connectivity index (χ0) is 12.5. The van der Waals surface area contributed by atoms with Crippen molar-refractivity contribution in [3.05, 3.63) is 48.0 Å². The van der Waals surface area contributed by atoms with Crippen molar-refractivity contribution >= 4 is 0 Å². The van der Waals surface area contributed by atoms with Crippen LogP contribution in [0.2, 0.25) is 0 Å². The van der Waals surface area contributed by atoms with Gasteiger partial charge in [0.15, 0.2) is 0 Å². The fourth-order valence-corrected chi connectivity index (χ4v) is 2.07. The van der Waals surface area contributed by atoms with Gasteiger partial charge >= 0.3 is 0 Å². The highest BCUT2D eigenvalue weighted by molar-refractivity contribution is 5.61. The molecule has 92 valence electrons. The minimum absolute atomic E-state index is 0.0112. The molecular weight excluding hydrogens is 222 g/mol. The lowest BCUT2D eigenvalue weighted by atomic mass is 10.1. The van der Waals surface area contributed by atoms with E-state index >= 15 is 0 Å². The summed E-state index contributed by atoms with van der Waals surface area (Å²) in [6, 6.07) is 8.39. The molecule has 0 amide bonds. The van der Waals surface area contributed by atoms with Crippen LogP contribution in [-0.2, 0) is 0 Å². The minimum atomic E-state index is 0.0112. The molecule has 1 heterocycles. The van der Waals surface area contributed by atoms with Gasteiger partial charge in [-0.1, -0.05) is 29.8 Å². The van der Waals surface area contributed by atoms with E-state index in [4.69, 9.17) is 5.73 Å². The smallest absolute Gasteiger partial charge is 0.145 e. The van der Waals surface area contributed by atoms with Gasteiger partial charge in [-0.15, -0.1) is 0 Å². The van der Waals surface area contributed by atoms with Crippen molar-refractivity contribution in [2.75, 3.05) is 0 Å². The molecule has 0 aliphatic heterocycles. The Labute approximate surface area is 107 Å². The highest BCUT2D eigenvalue weighted by atomic mass is 14.9. The van der Waals surface area contributed by atoms with E-state index in [1.807, 2.05) is 12.4 Å². The molecule has 18 heavy (non-hydrogen) atoms. The number of aromatic nitrogens is 2. The van der Waals surface area contributed by atoms with E-state index < -0.39 is 0 Å². The second-order valence-corrected chi connectivity index (χ2v) is 5.06. The van der Waals surface area contributed by atoms with Crippen LogP contribution in [0, 0.1) is 12.8 Å². The third kappa shape index (κ3) is 2.27. The van der Waals surface area contributed by atoms with Crippen LogP contribution < -0.4 is 5.73 Å². The van der Waals surface area contributed by atoms with Crippen molar-refractivity contribution in [3.8, 4) is 11.1 Å². The molecule has 2 N–H and O–H groups in total. The zero-order valence-corrected chi connectivity index (χ0v) is 10.5. The van der Waals surface area contributed by atoms with Gasteiger partial charge in [-0.3, -0.25) is 0 Å². The van der Waals surface area contributed by atoms with Gasteiger partial charge in [0, 0.05) is 18.0 Å².